The first kappa shape index (κ1) is 13.2. The van der Waals surface area contributed by atoms with Crippen LogP contribution in [-0.4, -0.2) is 10.9 Å². The number of halogens is 1. The fourth-order valence-corrected chi connectivity index (χ4v) is 3.40. The molecule has 0 fully saturated rings. The zero-order valence-electron chi connectivity index (χ0n) is 10.4. The van der Waals surface area contributed by atoms with Crippen molar-refractivity contribution in [2.24, 2.45) is 0 Å². The molecule has 2 heterocycles. The summed E-state index contributed by atoms with van der Waals surface area (Å²) in [5.74, 6) is -0.134. The predicted octanol–water partition coefficient (Wildman–Crippen LogP) is 3.50. The number of thiophene rings is 1. The second kappa shape index (κ2) is 5.30. The van der Waals surface area contributed by atoms with Crippen molar-refractivity contribution in [1.82, 2.24) is 10.3 Å². The molecule has 0 unspecified atom stereocenters. The second-order valence-corrected chi connectivity index (χ2v) is 6.32. The number of hydrogen-bond donors (Lipinski definition) is 3. The van der Waals surface area contributed by atoms with Gasteiger partial charge < -0.3 is 16.0 Å². The first-order chi connectivity index (χ1) is 9.63. The van der Waals surface area contributed by atoms with E-state index in [1.807, 2.05) is 35.7 Å². The molecule has 3 rings (SSSR count). The predicted molar refractivity (Wildman–Crippen MR) is 85.9 cm³/mol. The van der Waals surface area contributed by atoms with Crippen LogP contribution in [0.15, 0.2) is 40.2 Å². The van der Waals surface area contributed by atoms with Crippen molar-refractivity contribution in [3.63, 3.8) is 0 Å². The molecule has 20 heavy (non-hydrogen) atoms. The number of H-pyrrole nitrogens is 1. The van der Waals surface area contributed by atoms with E-state index in [1.54, 1.807) is 11.3 Å². The SMILES string of the molecule is Nc1cccc2cc(C(=O)NCc3cc(Br)cs3)[nH]c12. The Labute approximate surface area is 128 Å². The Bertz CT molecular complexity index is 778. The zero-order chi connectivity index (χ0) is 14.1. The summed E-state index contributed by atoms with van der Waals surface area (Å²) < 4.78 is 1.03. The number of hydrogen-bond acceptors (Lipinski definition) is 3. The van der Waals surface area contributed by atoms with Crippen molar-refractivity contribution in [3.05, 3.63) is 50.8 Å². The molecule has 3 aromatic rings. The van der Waals surface area contributed by atoms with Gasteiger partial charge in [0.2, 0.25) is 0 Å². The number of para-hydroxylation sites is 1. The summed E-state index contributed by atoms with van der Waals surface area (Å²) in [6.07, 6.45) is 0. The van der Waals surface area contributed by atoms with E-state index >= 15 is 0 Å². The van der Waals surface area contributed by atoms with Crippen LogP contribution in [0, 0.1) is 0 Å². The number of amides is 1. The van der Waals surface area contributed by atoms with Crippen LogP contribution < -0.4 is 11.1 Å². The normalized spacial score (nSPS) is 10.8. The number of nitrogen functional groups attached to an aromatic ring is 1. The van der Waals surface area contributed by atoms with Crippen molar-refractivity contribution in [3.8, 4) is 0 Å². The van der Waals surface area contributed by atoms with Crippen molar-refractivity contribution < 1.29 is 4.79 Å². The zero-order valence-corrected chi connectivity index (χ0v) is 12.8. The van der Waals surface area contributed by atoms with Gasteiger partial charge in [-0.15, -0.1) is 11.3 Å². The maximum atomic E-state index is 12.1. The van der Waals surface area contributed by atoms with E-state index in [2.05, 4.69) is 26.2 Å². The minimum atomic E-state index is -0.134. The van der Waals surface area contributed by atoms with E-state index in [0.29, 0.717) is 17.9 Å². The molecule has 0 atom stereocenters. The third-order valence-corrected chi connectivity index (χ3v) is 4.68. The van der Waals surface area contributed by atoms with Crippen LogP contribution in [-0.2, 0) is 6.54 Å². The quantitative estimate of drug-likeness (QED) is 0.633. The van der Waals surface area contributed by atoms with Crippen LogP contribution in [0.4, 0.5) is 5.69 Å². The minimum Gasteiger partial charge on any atom is -0.397 e. The summed E-state index contributed by atoms with van der Waals surface area (Å²) in [4.78, 5) is 16.3. The summed E-state index contributed by atoms with van der Waals surface area (Å²) in [7, 11) is 0. The maximum Gasteiger partial charge on any atom is 0.268 e. The molecular formula is C14H12BrN3OS. The van der Waals surface area contributed by atoms with Gasteiger partial charge in [-0.1, -0.05) is 12.1 Å². The first-order valence-corrected chi connectivity index (χ1v) is 7.69. The Morgan fingerprint density at radius 3 is 2.95 bits per heavy atom. The molecule has 1 amide bonds. The largest absolute Gasteiger partial charge is 0.397 e. The van der Waals surface area contributed by atoms with Gasteiger partial charge in [-0.2, -0.15) is 0 Å². The number of nitrogens with two attached hydrogens (primary N) is 1. The van der Waals surface area contributed by atoms with Crippen LogP contribution in [0.2, 0.25) is 0 Å². The molecule has 0 spiro atoms. The van der Waals surface area contributed by atoms with Gasteiger partial charge in [-0.3, -0.25) is 4.79 Å². The summed E-state index contributed by atoms with van der Waals surface area (Å²) in [6.45, 7) is 0.514. The van der Waals surface area contributed by atoms with Crippen molar-refractivity contribution in [1.29, 1.82) is 0 Å². The molecule has 6 heteroatoms. The monoisotopic (exact) mass is 349 g/mol. The highest BCUT2D eigenvalue weighted by Crippen LogP contribution is 2.22. The fraction of sp³-hybridized carbons (Fsp3) is 0.0714. The van der Waals surface area contributed by atoms with Gasteiger partial charge >= 0.3 is 0 Å². The number of aromatic amines is 1. The van der Waals surface area contributed by atoms with E-state index in [-0.39, 0.29) is 5.91 Å². The number of carbonyl (C=O) groups is 1. The minimum absolute atomic E-state index is 0.134. The molecule has 0 aliphatic rings. The van der Waals surface area contributed by atoms with E-state index in [1.165, 1.54) is 0 Å². The molecule has 0 radical (unpaired) electrons. The number of fused-ring (bicyclic) bond motifs is 1. The van der Waals surface area contributed by atoms with Crippen molar-refractivity contribution in [2.75, 3.05) is 5.73 Å². The number of anilines is 1. The molecule has 1 aromatic carbocycles. The molecule has 0 aliphatic heterocycles. The molecular weight excluding hydrogens is 338 g/mol. The standard InChI is InChI=1S/C14H12BrN3OS/c15-9-5-10(20-7-9)6-17-14(19)12-4-8-2-1-3-11(16)13(8)18-12/h1-5,7,18H,6,16H2,(H,17,19). The van der Waals surface area contributed by atoms with Crippen LogP contribution in [0.5, 0.6) is 0 Å². The first-order valence-electron chi connectivity index (χ1n) is 6.02. The molecule has 4 N–H and O–H groups in total. The van der Waals surface area contributed by atoms with Gasteiger partial charge in [0.15, 0.2) is 0 Å². The Balaban J connectivity index is 1.77. The lowest BCUT2D eigenvalue weighted by atomic mass is 10.2. The molecule has 4 nitrogen and oxygen atoms in total. The lowest BCUT2D eigenvalue weighted by Crippen LogP contribution is -2.22. The van der Waals surface area contributed by atoms with Gasteiger partial charge in [0.1, 0.15) is 5.69 Å². The molecule has 0 aliphatic carbocycles. The maximum absolute atomic E-state index is 12.1. The smallest absolute Gasteiger partial charge is 0.268 e. The van der Waals surface area contributed by atoms with E-state index < -0.39 is 0 Å². The molecule has 102 valence electrons. The van der Waals surface area contributed by atoms with Gasteiger partial charge in [-0.25, -0.2) is 0 Å². The number of benzene rings is 1. The molecule has 0 saturated heterocycles. The summed E-state index contributed by atoms with van der Waals surface area (Å²) in [5.41, 5.74) is 7.84. The number of carbonyl (C=O) groups excluding carboxylic acids is 1. The van der Waals surface area contributed by atoms with Crippen LogP contribution in [0.1, 0.15) is 15.4 Å². The van der Waals surface area contributed by atoms with E-state index in [0.717, 1.165) is 20.3 Å². The van der Waals surface area contributed by atoms with Gasteiger partial charge in [-0.05, 0) is 34.1 Å². The van der Waals surface area contributed by atoms with Crippen LogP contribution in [0.3, 0.4) is 0 Å². The Kier molecular flexibility index (Phi) is 3.50. The second-order valence-electron chi connectivity index (χ2n) is 4.41. The van der Waals surface area contributed by atoms with Gasteiger partial charge in [0.05, 0.1) is 17.7 Å². The number of rotatable bonds is 3. The van der Waals surface area contributed by atoms with Crippen LogP contribution >= 0.6 is 27.3 Å². The third kappa shape index (κ3) is 2.57. The van der Waals surface area contributed by atoms with Crippen molar-refractivity contribution in [2.45, 2.75) is 6.54 Å². The van der Waals surface area contributed by atoms with E-state index in [9.17, 15) is 4.79 Å². The topological polar surface area (TPSA) is 70.9 Å². The lowest BCUT2D eigenvalue weighted by Gasteiger charge is -2.01. The summed E-state index contributed by atoms with van der Waals surface area (Å²) in [6, 6.07) is 9.41. The van der Waals surface area contributed by atoms with E-state index in [4.69, 9.17) is 5.73 Å². The van der Waals surface area contributed by atoms with Crippen molar-refractivity contribution >= 4 is 49.8 Å². The molecule has 2 aromatic heterocycles. The lowest BCUT2D eigenvalue weighted by molar-refractivity contribution is 0.0947. The van der Waals surface area contributed by atoms with Gasteiger partial charge in [0.25, 0.3) is 5.91 Å². The Hall–Kier alpha value is -1.79. The fourth-order valence-electron chi connectivity index (χ4n) is 2.01. The summed E-state index contributed by atoms with van der Waals surface area (Å²) in [5, 5.41) is 5.82. The molecule has 0 bridgehead atoms. The number of aromatic nitrogens is 1. The average Bonchev–Trinajstić information content (AvgIpc) is 3.03. The van der Waals surface area contributed by atoms with Crippen LogP contribution in [0.25, 0.3) is 10.9 Å². The highest BCUT2D eigenvalue weighted by molar-refractivity contribution is 9.10. The Morgan fingerprint density at radius 2 is 2.25 bits per heavy atom. The molecule has 0 saturated carbocycles. The third-order valence-electron chi connectivity index (χ3n) is 2.98. The Morgan fingerprint density at radius 1 is 1.40 bits per heavy atom. The summed E-state index contributed by atoms with van der Waals surface area (Å²) >= 11 is 5.00. The average molecular weight is 350 g/mol. The highest BCUT2D eigenvalue weighted by Gasteiger charge is 2.10. The highest BCUT2D eigenvalue weighted by atomic mass is 79.9. The van der Waals surface area contributed by atoms with Gasteiger partial charge in [0, 0.05) is 20.1 Å². The number of nitrogens with one attached hydrogen (secondary N) is 2.